The number of nitrogens with zero attached hydrogens (tertiary/aromatic N) is 5. The Bertz CT molecular complexity index is 797. The number of ether oxygens (including phenoxy) is 1. The number of benzene rings is 1. The lowest BCUT2D eigenvalue weighted by Crippen LogP contribution is -2.05. The van der Waals surface area contributed by atoms with Gasteiger partial charge < -0.3 is 4.74 Å². The zero-order valence-corrected chi connectivity index (χ0v) is 12.8. The molecule has 2 heterocycles. The van der Waals surface area contributed by atoms with Crippen LogP contribution in [0.25, 0.3) is 11.1 Å². The van der Waals surface area contributed by atoms with Gasteiger partial charge >= 0.3 is 0 Å². The molecule has 6 heteroatoms. The van der Waals surface area contributed by atoms with Gasteiger partial charge in [-0.25, -0.2) is 9.67 Å². The molecule has 0 saturated carbocycles. The molecule has 0 fully saturated rings. The van der Waals surface area contributed by atoms with Crippen molar-refractivity contribution in [1.82, 2.24) is 25.2 Å². The van der Waals surface area contributed by atoms with E-state index in [0.717, 1.165) is 22.5 Å². The van der Waals surface area contributed by atoms with Crippen LogP contribution in [-0.2, 0) is 6.54 Å². The van der Waals surface area contributed by atoms with Crippen molar-refractivity contribution < 1.29 is 4.74 Å². The summed E-state index contributed by atoms with van der Waals surface area (Å²) in [6.45, 7) is 4.52. The Kier molecular flexibility index (Phi) is 3.82. The number of hydrogen-bond donors (Lipinski definition) is 0. The molecule has 0 aliphatic rings. The molecule has 0 bridgehead atoms. The van der Waals surface area contributed by atoms with Crippen molar-refractivity contribution in [2.24, 2.45) is 0 Å². The molecule has 0 spiro atoms. The Morgan fingerprint density at radius 3 is 2.73 bits per heavy atom. The van der Waals surface area contributed by atoms with Crippen molar-refractivity contribution >= 4 is 0 Å². The first-order valence-electron chi connectivity index (χ1n) is 7.00. The number of hydrogen-bond acceptors (Lipinski definition) is 5. The fourth-order valence-corrected chi connectivity index (χ4v) is 2.33. The van der Waals surface area contributed by atoms with E-state index < -0.39 is 0 Å². The highest BCUT2D eigenvalue weighted by molar-refractivity contribution is 5.69. The molecule has 0 N–H and O–H groups in total. The number of tetrazole rings is 1. The second kappa shape index (κ2) is 5.93. The summed E-state index contributed by atoms with van der Waals surface area (Å²) in [4.78, 5) is 4.41. The molecule has 112 valence electrons. The van der Waals surface area contributed by atoms with Crippen LogP contribution in [0.2, 0.25) is 0 Å². The van der Waals surface area contributed by atoms with E-state index in [4.69, 9.17) is 4.74 Å². The van der Waals surface area contributed by atoms with Crippen LogP contribution in [0.4, 0.5) is 0 Å². The quantitative estimate of drug-likeness (QED) is 0.739. The van der Waals surface area contributed by atoms with Crippen LogP contribution in [0.5, 0.6) is 5.88 Å². The summed E-state index contributed by atoms with van der Waals surface area (Å²) in [6.07, 6.45) is 1.79. The predicted molar refractivity (Wildman–Crippen MR) is 82.6 cm³/mol. The van der Waals surface area contributed by atoms with Gasteiger partial charge in [0.05, 0.1) is 13.7 Å². The zero-order chi connectivity index (χ0) is 15.5. The molecule has 0 unspecified atom stereocenters. The number of aryl methyl sites for hydroxylation is 2. The molecule has 3 aromatic rings. The molecule has 0 radical (unpaired) electrons. The van der Waals surface area contributed by atoms with E-state index >= 15 is 0 Å². The van der Waals surface area contributed by atoms with Crippen LogP contribution in [-0.4, -0.2) is 32.3 Å². The van der Waals surface area contributed by atoms with Gasteiger partial charge in [-0.1, -0.05) is 29.8 Å². The first-order chi connectivity index (χ1) is 10.7. The van der Waals surface area contributed by atoms with Crippen LogP contribution < -0.4 is 4.74 Å². The van der Waals surface area contributed by atoms with E-state index in [-0.39, 0.29) is 0 Å². The van der Waals surface area contributed by atoms with Gasteiger partial charge in [0.2, 0.25) is 5.88 Å². The van der Waals surface area contributed by atoms with E-state index in [1.165, 1.54) is 5.56 Å². The standard InChI is InChI=1S/C16H17N5O/c1-11-5-4-6-14(7-11)15-8-13(9-17-16(15)22-3)10-21-12(2)18-19-20-21/h4-9H,10H2,1-3H3. The van der Waals surface area contributed by atoms with Gasteiger partial charge in [0.1, 0.15) is 5.82 Å². The highest BCUT2D eigenvalue weighted by Crippen LogP contribution is 2.29. The van der Waals surface area contributed by atoms with Crippen molar-refractivity contribution in [2.75, 3.05) is 7.11 Å². The lowest BCUT2D eigenvalue weighted by atomic mass is 10.0. The average Bonchev–Trinajstić information content (AvgIpc) is 2.92. The Morgan fingerprint density at radius 2 is 2.05 bits per heavy atom. The molecule has 6 nitrogen and oxygen atoms in total. The zero-order valence-electron chi connectivity index (χ0n) is 12.8. The van der Waals surface area contributed by atoms with Crippen LogP contribution >= 0.6 is 0 Å². The van der Waals surface area contributed by atoms with Crippen molar-refractivity contribution in [2.45, 2.75) is 20.4 Å². The largest absolute Gasteiger partial charge is 0.481 e. The van der Waals surface area contributed by atoms with Gasteiger partial charge in [-0.05, 0) is 41.5 Å². The van der Waals surface area contributed by atoms with Gasteiger partial charge in [-0.15, -0.1) is 5.10 Å². The molecular formula is C16H17N5O. The minimum absolute atomic E-state index is 0.578. The summed E-state index contributed by atoms with van der Waals surface area (Å²) < 4.78 is 7.13. The number of rotatable bonds is 4. The summed E-state index contributed by atoms with van der Waals surface area (Å²) in [5, 5.41) is 11.5. The number of aromatic nitrogens is 5. The molecule has 0 amide bonds. The first kappa shape index (κ1) is 14.2. The Balaban J connectivity index is 2.01. The van der Waals surface area contributed by atoms with Crippen molar-refractivity contribution in [3.05, 3.63) is 53.5 Å². The fraction of sp³-hybridized carbons (Fsp3) is 0.250. The Labute approximate surface area is 128 Å². The maximum atomic E-state index is 5.40. The van der Waals surface area contributed by atoms with Crippen LogP contribution in [0.1, 0.15) is 17.0 Å². The topological polar surface area (TPSA) is 65.7 Å². The summed E-state index contributed by atoms with van der Waals surface area (Å²) in [5.74, 6) is 1.38. The SMILES string of the molecule is COc1ncc(Cn2nnnc2C)cc1-c1cccc(C)c1. The van der Waals surface area contributed by atoms with Gasteiger partial charge in [-0.2, -0.15) is 0 Å². The molecule has 0 atom stereocenters. The van der Waals surface area contributed by atoms with Crippen LogP contribution in [0.15, 0.2) is 36.5 Å². The molecule has 1 aromatic carbocycles. The van der Waals surface area contributed by atoms with E-state index in [0.29, 0.717) is 12.4 Å². The summed E-state index contributed by atoms with van der Waals surface area (Å²) in [5.41, 5.74) is 4.27. The maximum Gasteiger partial charge on any atom is 0.221 e. The minimum Gasteiger partial charge on any atom is -0.481 e. The third-order valence-corrected chi connectivity index (χ3v) is 3.47. The third kappa shape index (κ3) is 2.81. The fourth-order valence-electron chi connectivity index (χ4n) is 2.33. The lowest BCUT2D eigenvalue weighted by Gasteiger charge is -2.11. The maximum absolute atomic E-state index is 5.40. The average molecular weight is 295 g/mol. The van der Waals surface area contributed by atoms with E-state index in [9.17, 15) is 0 Å². The normalized spacial score (nSPS) is 10.7. The van der Waals surface area contributed by atoms with E-state index in [2.05, 4.69) is 51.7 Å². The molecule has 0 aliphatic heterocycles. The van der Waals surface area contributed by atoms with Crippen molar-refractivity contribution in [3.8, 4) is 17.0 Å². The van der Waals surface area contributed by atoms with Gasteiger partial charge in [0.25, 0.3) is 0 Å². The summed E-state index contributed by atoms with van der Waals surface area (Å²) in [7, 11) is 1.63. The van der Waals surface area contributed by atoms with Crippen LogP contribution in [0, 0.1) is 13.8 Å². The summed E-state index contributed by atoms with van der Waals surface area (Å²) in [6, 6.07) is 10.3. The minimum atomic E-state index is 0.578. The first-order valence-corrected chi connectivity index (χ1v) is 7.00. The molecule has 0 aliphatic carbocycles. The molecule has 2 aromatic heterocycles. The van der Waals surface area contributed by atoms with Crippen molar-refractivity contribution in [3.63, 3.8) is 0 Å². The monoisotopic (exact) mass is 295 g/mol. The van der Waals surface area contributed by atoms with Gasteiger partial charge in [-0.3, -0.25) is 0 Å². The lowest BCUT2D eigenvalue weighted by molar-refractivity contribution is 0.399. The molecule has 3 rings (SSSR count). The summed E-state index contributed by atoms with van der Waals surface area (Å²) >= 11 is 0. The Hall–Kier alpha value is -2.76. The van der Waals surface area contributed by atoms with Crippen molar-refractivity contribution in [1.29, 1.82) is 0 Å². The number of pyridine rings is 1. The Morgan fingerprint density at radius 1 is 1.18 bits per heavy atom. The number of methoxy groups -OCH3 is 1. The molecule has 0 saturated heterocycles. The predicted octanol–water partition coefficient (Wildman–Crippen LogP) is 2.41. The second-order valence-electron chi connectivity index (χ2n) is 5.15. The highest BCUT2D eigenvalue weighted by atomic mass is 16.5. The highest BCUT2D eigenvalue weighted by Gasteiger charge is 2.10. The van der Waals surface area contributed by atoms with Gasteiger partial charge in [0.15, 0.2) is 0 Å². The molecular weight excluding hydrogens is 278 g/mol. The molecule has 22 heavy (non-hydrogen) atoms. The second-order valence-corrected chi connectivity index (χ2v) is 5.15. The van der Waals surface area contributed by atoms with E-state index in [1.54, 1.807) is 18.0 Å². The van der Waals surface area contributed by atoms with Crippen LogP contribution in [0.3, 0.4) is 0 Å². The smallest absolute Gasteiger partial charge is 0.221 e. The third-order valence-electron chi connectivity index (χ3n) is 3.47. The van der Waals surface area contributed by atoms with E-state index in [1.807, 2.05) is 13.0 Å². The van der Waals surface area contributed by atoms with Gasteiger partial charge in [0, 0.05) is 11.8 Å².